The summed E-state index contributed by atoms with van der Waals surface area (Å²) >= 11 is 0. The fourth-order valence-electron chi connectivity index (χ4n) is 5.85. The second-order valence-electron chi connectivity index (χ2n) is 10.3. The van der Waals surface area contributed by atoms with Gasteiger partial charge < -0.3 is 0 Å². The molecule has 0 N–H and O–H groups in total. The van der Waals surface area contributed by atoms with Crippen LogP contribution >= 0.6 is 0 Å². The summed E-state index contributed by atoms with van der Waals surface area (Å²) < 4.78 is 2.40. The highest BCUT2D eigenvalue weighted by Gasteiger charge is 2.20. The van der Waals surface area contributed by atoms with Crippen LogP contribution in [0.3, 0.4) is 0 Å². The SMILES string of the molecule is c1ccc(-c2cc(-c3cccc(-n4c5c(c6ccccc64)CCCCCC5)n3)nc(-c3ccccc3)n2)cc1. The Bertz CT molecular complexity index is 1700. The lowest BCUT2D eigenvalue weighted by atomic mass is 9.97. The largest absolute Gasteiger partial charge is 0.298 e. The lowest BCUT2D eigenvalue weighted by molar-refractivity contribution is 0.608. The Labute approximate surface area is 229 Å². The van der Waals surface area contributed by atoms with Gasteiger partial charge in [-0.15, -0.1) is 0 Å². The van der Waals surface area contributed by atoms with Crippen molar-refractivity contribution >= 4 is 10.9 Å². The first-order valence-corrected chi connectivity index (χ1v) is 13.9. The van der Waals surface area contributed by atoms with Gasteiger partial charge in [0.2, 0.25) is 0 Å². The van der Waals surface area contributed by atoms with Crippen molar-refractivity contribution in [3.05, 3.63) is 120 Å². The van der Waals surface area contributed by atoms with Gasteiger partial charge in [-0.1, -0.05) is 97.8 Å². The number of hydrogen-bond donors (Lipinski definition) is 0. The molecule has 6 aromatic rings. The monoisotopic (exact) mass is 506 g/mol. The van der Waals surface area contributed by atoms with Crippen molar-refractivity contribution in [2.45, 2.75) is 38.5 Å². The summed E-state index contributed by atoms with van der Waals surface area (Å²) in [5.74, 6) is 1.65. The zero-order valence-electron chi connectivity index (χ0n) is 21.9. The molecule has 0 amide bonds. The summed E-state index contributed by atoms with van der Waals surface area (Å²) in [6, 6.07) is 37.7. The van der Waals surface area contributed by atoms with E-state index in [4.69, 9.17) is 15.0 Å². The quantitative estimate of drug-likeness (QED) is 0.241. The molecular formula is C35H30N4. The Morgan fingerprint density at radius 1 is 0.513 bits per heavy atom. The molecule has 3 heterocycles. The molecule has 0 saturated carbocycles. The van der Waals surface area contributed by atoms with Crippen molar-refractivity contribution in [1.82, 2.24) is 19.5 Å². The average Bonchev–Trinajstić information content (AvgIpc) is 3.30. The van der Waals surface area contributed by atoms with Crippen LogP contribution in [0.4, 0.5) is 0 Å². The van der Waals surface area contributed by atoms with E-state index < -0.39 is 0 Å². The minimum atomic E-state index is 0.704. The van der Waals surface area contributed by atoms with Crippen molar-refractivity contribution in [3.63, 3.8) is 0 Å². The zero-order valence-corrected chi connectivity index (χ0v) is 21.9. The molecule has 0 radical (unpaired) electrons. The topological polar surface area (TPSA) is 43.6 Å². The number of para-hydroxylation sites is 1. The van der Waals surface area contributed by atoms with Gasteiger partial charge in [-0.2, -0.15) is 0 Å². The number of aromatic nitrogens is 4. The summed E-state index contributed by atoms with van der Waals surface area (Å²) in [6.07, 6.45) is 7.29. The summed E-state index contributed by atoms with van der Waals surface area (Å²) in [6.45, 7) is 0. The van der Waals surface area contributed by atoms with Crippen molar-refractivity contribution in [2.75, 3.05) is 0 Å². The first-order chi connectivity index (χ1) is 19.3. The predicted molar refractivity (Wildman–Crippen MR) is 159 cm³/mol. The van der Waals surface area contributed by atoms with Crippen LogP contribution in [0.2, 0.25) is 0 Å². The molecule has 4 heteroatoms. The number of pyridine rings is 1. The number of rotatable bonds is 4. The van der Waals surface area contributed by atoms with E-state index in [0.29, 0.717) is 5.82 Å². The van der Waals surface area contributed by atoms with Crippen LogP contribution in [-0.2, 0) is 12.8 Å². The van der Waals surface area contributed by atoms with E-state index in [0.717, 1.165) is 46.9 Å². The minimum Gasteiger partial charge on any atom is -0.298 e. The molecule has 0 aliphatic heterocycles. The van der Waals surface area contributed by atoms with E-state index in [1.165, 1.54) is 47.8 Å². The molecule has 3 aromatic heterocycles. The molecule has 0 spiro atoms. The van der Waals surface area contributed by atoms with Crippen LogP contribution in [0, 0.1) is 0 Å². The Kier molecular flexibility index (Phi) is 6.22. The number of aryl methyl sites for hydroxylation is 1. The van der Waals surface area contributed by atoms with Gasteiger partial charge in [-0.25, -0.2) is 15.0 Å². The fraction of sp³-hybridized carbons (Fsp3) is 0.171. The first kappa shape index (κ1) is 23.5. The maximum absolute atomic E-state index is 5.24. The van der Waals surface area contributed by atoms with Crippen LogP contribution in [0.15, 0.2) is 109 Å². The molecule has 4 nitrogen and oxygen atoms in total. The molecule has 1 aliphatic rings. The smallest absolute Gasteiger partial charge is 0.160 e. The van der Waals surface area contributed by atoms with Crippen LogP contribution in [0.1, 0.15) is 36.9 Å². The summed E-state index contributed by atoms with van der Waals surface area (Å²) in [4.78, 5) is 15.2. The predicted octanol–water partition coefficient (Wildman–Crippen LogP) is 8.48. The van der Waals surface area contributed by atoms with E-state index in [-0.39, 0.29) is 0 Å². The number of benzene rings is 3. The minimum absolute atomic E-state index is 0.704. The summed E-state index contributed by atoms with van der Waals surface area (Å²) in [7, 11) is 0. The lowest BCUT2D eigenvalue weighted by Crippen LogP contribution is -2.07. The van der Waals surface area contributed by atoms with Gasteiger partial charge in [0.05, 0.1) is 22.6 Å². The highest BCUT2D eigenvalue weighted by Crippen LogP contribution is 2.34. The Hall–Kier alpha value is -4.57. The molecule has 0 saturated heterocycles. The highest BCUT2D eigenvalue weighted by atomic mass is 15.1. The van der Waals surface area contributed by atoms with E-state index in [1.807, 2.05) is 36.4 Å². The molecule has 1 aliphatic carbocycles. The van der Waals surface area contributed by atoms with Gasteiger partial charge in [-0.3, -0.25) is 4.57 Å². The van der Waals surface area contributed by atoms with Gasteiger partial charge in [0, 0.05) is 22.2 Å². The second-order valence-corrected chi connectivity index (χ2v) is 10.3. The summed E-state index contributed by atoms with van der Waals surface area (Å²) in [5.41, 5.74) is 8.77. The zero-order chi connectivity index (χ0) is 26.0. The van der Waals surface area contributed by atoms with E-state index >= 15 is 0 Å². The Balaban J connectivity index is 1.40. The van der Waals surface area contributed by atoms with E-state index in [1.54, 1.807) is 0 Å². The molecule has 190 valence electrons. The third-order valence-electron chi connectivity index (χ3n) is 7.73. The van der Waals surface area contributed by atoms with Gasteiger partial charge in [0.1, 0.15) is 5.82 Å². The molecule has 0 bridgehead atoms. The van der Waals surface area contributed by atoms with Crippen LogP contribution < -0.4 is 0 Å². The van der Waals surface area contributed by atoms with Crippen molar-refractivity contribution < 1.29 is 0 Å². The molecular weight excluding hydrogens is 476 g/mol. The Morgan fingerprint density at radius 2 is 1.21 bits per heavy atom. The summed E-state index contributed by atoms with van der Waals surface area (Å²) in [5, 5.41) is 1.36. The molecule has 39 heavy (non-hydrogen) atoms. The maximum Gasteiger partial charge on any atom is 0.160 e. The molecule has 7 rings (SSSR count). The normalized spacial score (nSPS) is 13.5. The van der Waals surface area contributed by atoms with Gasteiger partial charge in [-0.05, 0) is 55.5 Å². The lowest BCUT2D eigenvalue weighted by Gasteiger charge is -2.15. The second kappa shape index (κ2) is 10.3. The number of fused-ring (bicyclic) bond motifs is 3. The van der Waals surface area contributed by atoms with Crippen molar-refractivity contribution in [1.29, 1.82) is 0 Å². The van der Waals surface area contributed by atoms with Crippen LogP contribution in [0.5, 0.6) is 0 Å². The van der Waals surface area contributed by atoms with Crippen molar-refractivity contribution in [3.8, 4) is 39.9 Å². The average molecular weight is 507 g/mol. The number of hydrogen-bond acceptors (Lipinski definition) is 3. The highest BCUT2D eigenvalue weighted by molar-refractivity contribution is 5.87. The Morgan fingerprint density at radius 3 is 2.03 bits per heavy atom. The van der Waals surface area contributed by atoms with Crippen LogP contribution in [-0.4, -0.2) is 19.5 Å². The molecule has 3 aromatic carbocycles. The first-order valence-electron chi connectivity index (χ1n) is 13.9. The van der Waals surface area contributed by atoms with E-state index in [2.05, 4.69) is 77.4 Å². The standard InChI is InChI=1S/C35H30N4/c1-2-10-21-32-27(18-9-1)28-19-11-12-22-33(28)39(32)34-23-13-20-29(36-34)31-24-30(25-14-5-3-6-15-25)37-35(38-31)26-16-7-4-8-17-26/h3-8,11-17,19-20,22-24H,1-2,9-10,18,21H2. The maximum atomic E-state index is 5.24. The van der Waals surface area contributed by atoms with Gasteiger partial charge >= 0.3 is 0 Å². The van der Waals surface area contributed by atoms with Crippen LogP contribution in [0.25, 0.3) is 50.8 Å². The molecule has 0 fully saturated rings. The van der Waals surface area contributed by atoms with Crippen molar-refractivity contribution in [2.24, 2.45) is 0 Å². The third-order valence-corrected chi connectivity index (χ3v) is 7.73. The van der Waals surface area contributed by atoms with Gasteiger partial charge in [0.15, 0.2) is 5.82 Å². The van der Waals surface area contributed by atoms with Gasteiger partial charge in [0.25, 0.3) is 0 Å². The fourth-order valence-corrected chi connectivity index (χ4v) is 5.85. The molecule has 0 atom stereocenters. The number of nitrogens with zero attached hydrogens (tertiary/aromatic N) is 4. The molecule has 0 unspecified atom stereocenters. The van der Waals surface area contributed by atoms with E-state index in [9.17, 15) is 0 Å². The third kappa shape index (κ3) is 4.52.